The van der Waals surface area contributed by atoms with Gasteiger partial charge < -0.3 is 0 Å². The van der Waals surface area contributed by atoms with Crippen LogP contribution < -0.4 is 5.01 Å². The van der Waals surface area contributed by atoms with Crippen molar-refractivity contribution in [3.05, 3.63) is 66.7 Å². The lowest BCUT2D eigenvalue weighted by atomic mass is 10.2. The molecule has 0 radical (unpaired) electrons. The number of benzene rings is 2. The van der Waals surface area contributed by atoms with Gasteiger partial charge in [0, 0.05) is 0 Å². The van der Waals surface area contributed by atoms with Crippen LogP contribution in [-0.4, -0.2) is 30.6 Å². The number of hydrogen-bond acceptors (Lipinski definition) is 6. The van der Waals surface area contributed by atoms with E-state index in [4.69, 9.17) is 16.2 Å². The van der Waals surface area contributed by atoms with E-state index in [1.54, 1.807) is 31.2 Å². The number of hydrogen-bond donors (Lipinski definition) is 1. The molecule has 0 saturated heterocycles. The lowest BCUT2D eigenvalue weighted by Gasteiger charge is -2.12. The maximum absolute atomic E-state index is 12.6. The maximum Gasteiger partial charge on any atom is 0.294 e. The van der Waals surface area contributed by atoms with Crippen LogP contribution in [0.3, 0.4) is 0 Å². The fourth-order valence-corrected chi connectivity index (χ4v) is 2.94. The summed E-state index contributed by atoms with van der Waals surface area (Å²) >= 11 is 6.01. The van der Waals surface area contributed by atoms with Gasteiger partial charge in [-0.15, -0.1) is 13.2 Å². The van der Waals surface area contributed by atoms with Crippen LogP contribution in [0.25, 0.3) is 0 Å². The van der Waals surface area contributed by atoms with Crippen LogP contribution in [0.15, 0.2) is 81.9 Å². The number of anilines is 1. The minimum absolute atomic E-state index is 0.274. The van der Waals surface area contributed by atoms with Gasteiger partial charge >= 0.3 is 0 Å². The second-order valence-electron chi connectivity index (χ2n) is 5.43. The Morgan fingerprint density at radius 1 is 1.14 bits per heavy atom. The first kappa shape index (κ1) is 21.4. The van der Waals surface area contributed by atoms with E-state index in [2.05, 4.69) is 28.5 Å². The normalized spacial score (nSPS) is 16.7. The van der Waals surface area contributed by atoms with Crippen LogP contribution in [0, 0.1) is 0 Å². The monoisotopic (exact) mass is 420 g/mol. The predicted octanol–water partition coefficient (Wildman–Crippen LogP) is 4.26. The molecule has 2 aromatic rings. The van der Waals surface area contributed by atoms with E-state index in [1.165, 1.54) is 24.3 Å². The first-order valence-electron chi connectivity index (χ1n) is 7.89. The molecule has 8 nitrogen and oxygen atoms in total. The number of nitrogens with zero attached hydrogens (tertiary/aromatic N) is 4. The Bertz CT molecular complexity index is 1040. The smallest absolute Gasteiger partial charge is 0.282 e. The molecule has 0 aliphatic carbocycles. The zero-order valence-electron chi connectivity index (χ0n) is 14.9. The first-order valence-corrected chi connectivity index (χ1v) is 9.71. The van der Waals surface area contributed by atoms with Crippen molar-refractivity contribution in [3.8, 4) is 0 Å². The van der Waals surface area contributed by atoms with Gasteiger partial charge in [0.25, 0.3) is 16.0 Å². The molecule has 1 atom stereocenters. The van der Waals surface area contributed by atoms with E-state index in [-0.39, 0.29) is 4.90 Å². The number of hydrazone groups is 1. The van der Waals surface area contributed by atoms with E-state index >= 15 is 0 Å². The molecule has 1 unspecified atom stereocenters. The van der Waals surface area contributed by atoms with Crippen molar-refractivity contribution in [2.45, 2.75) is 17.9 Å². The third kappa shape index (κ3) is 4.69. The number of halogens is 1. The average Bonchev–Trinajstić information content (AvgIpc) is 2.96. The van der Waals surface area contributed by atoms with Crippen molar-refractivity contribution in [1.82, 2.24) is 0 Å². The molecule has 0 aromatic heterocycles. The van der Waals surface area contributed by atoms with Gasteiger partial charge in [-0.1, -0.05) is 23.7 Å². The Labute approximate surface area is 167 Å². The molecule has 1 N–H and O–H groups in total. The standard InChI is InChI=1S/C16H13ClN4O4S.C2H4/c1-10-15(19-18-14-5-3-2-4-13(14)17)16(22)21(20-10)11-6-8-12(9-7-11)26(23,24)25;1-2/h2-9,15H,1H3,(H,23,24,25);1-2H2. The Morgan fingerprint density at radius 3 is 2.32 bits per heavy atom. The molecule has 1 heterocycles. The van der Waals surface area contributed by atoms with Gasteiger partial charge in [-0.2, -0.15) is 28.8 Å². The molecular weight excluding hydrogens is 404 g/mol. The van der Waals surface area contributed by atoms with Crippen LogP contribution in [0.1, 0.15) is 6.92 Å². The molecule has 0 saturated carbocycles. The van der Waals surface area contributed by atoms with Gasteiger partial charge in [-0.25, -0.2) is 0 Å². The summed E-state index contributed by atoms with van der Waals surface area (Å²) in [7, 11) is -4.31. The van der Waals surface area contributed by atoms with Crippen molar-refractivity contribution in [2.75, 3.05) is 5.01 Å². The fourth-order valence-electron chi connectivity index (χ4n) is 2.29. The highest BCUT2D eigenvalue weighted by atomic mass is 35.5. The summed E-state index contributed by atoms with van der Waals surface area (Å²) in [5, 5.41) is 13.7. The number of amides is 1. The highest BCUT2D eigenvalue weighted by Crippen LogP contribution is 2.27. The Kier molecular flexibility index (Phi) is 6.79. The summed E-state index contributed by atoms with van der Waals surface area (Å²) < 4.78 is 31.2. The van der Waals surface area contributed by atoms with E-state index in [9.17, 15) is 13.2 Å². The molecule has 1 aliphatic rings. The highest BCUT2D eigenvalue weighted by molar-refractivity contribution is 7.85. The van der Waals surface area contributed by atoms with E-state index in [1.807, 2.05) is 0 Å². The second kappa shape index (κ2) is 8.87. The van der Waals surface area contributed by atoms with Crippen molar-refractivity contribution < 1.29 is 17.8 Å². The molecule has 0 fully saturated rings. The summed E-state index contributed by atoms with van der Waals surface area (Å²) in [5.74, 6) is -0.432. The van der Waals surface area contributed by atoms with Gasteiger partial charge in [-0.3, -0.25) is 9.35 Å². The van der Waals surface area contributed by atoms with Gasteiger partial charge in [0.05, 0.1) is 21.3 Å². The third-order valence-corrected chi connectivity index (χ3v) is 4.80. The lowest BCUT2D eigenvalue weighted by Crippen LogP contribution is -2.29. The van der Waals surface area contributed by atoms with Crippen LogP contribution >= 0.6 is 11.6 Å². The molecule has 0 bridgehead atoms. The van der Waals surface area contributed by atoms with Gasteiger partial charge in [0.1, 0.15) is 5.69 Å². The lowest BCUT2D eigenvalue weighted by molar-refractivity contribution is -0.117. The highest BCUT2D eigenvalue weighted by Gasteiger charge is 2.34. The van der Waals surface area contributed by atoms with Crippen LogP contribution in [0.2, 0.25) is 5.02 Å². The minimum Gasteiger partial charge on any atom is -0.282 e. The molecule has 28 heavy (non-hydrogen) atoms. The van der Waals surface area contributed by atoms with Crippen molar-refractivity contribution >= 4 is 44.7 Å². The molecule has 3 rings (SSSR count). The van der Waals surface area contributed by atoms with Crippen LogP contribution in [0.4, 0.5) is 11.4 Å². The summed E-state index contributed by atoms with van der Waals surface area (Å²) in [5.41, 5.74) is 1.22. The fraction of sp³-hybridized carbons (Fsp3) is 0.111. The quantitative estimate of drug-likeness (QED) is 0.452. The van der Waals surface area contributed by atoms with Gasteiger partial charge in [-0.05, 0) is 43.3 Å². The van der Waals surface area contributed by atoms with E-state index in [0.29, 0.717) is 22.1 Å². The molecule has 0 spiro atoms. The number of rotatable bonds is 4. The topological polar surface area (TPSA) is 112 Å². The molecular formula is C18H17ClN4O4S. The minimum atomic E-state index is -4.31. The molecule has 1 amide bonds. The second-order valence-corrected chi connectivity index (χ2v) is 7.26. The largest absolute Gasteiger partial charge is 0.294 e. The zero-order chi connectivity index (χ0) is 20.9. The molecule has 1 aliphatic heterocycles. The van der Waals surface area contributed by atoms with Crippen LogP contribution in [-0.2, 0) is 14.9 Å². The zero-order valence-corrected chi connectivity index (χ0v) is 16.4. The van der Waals surface area contributed by atoms with E-state index < -0.39 is 22.1 Å². The summed E-state index contributed by atoms with van der Waals surface area (Å²) in [6.07, 6.45) is 0. The van der Waals surface area contributed by atoms with Crippen molar-refractivity contribution in [1.29, 1.82) is 0 Å². The van der Waals surface area contributed by atoms with Crippen molar-refractivity contribution in [2.24, 2.45) is 15.3 Å². The Hall–Kier alpha value is -2.88. The number of carbonyl (C=O) groups excluding carboxylic acids is 1. The van der Waals surface area contributed by atoms with E-state index in [0.717, 1.165) is 5.01 Å². The molecule has 146 valence electrons. The SMILES string of the molecule is C=C.CC1=NN(c2ccc(S(=O)(=O)O)cc2)C(=O)C1N=Nc1ccccc1Cl. The predicted molar refractivity (Wildman–Crippen MR) is 108 cm³/mol. The van der Waals surface area contributed by atoms with Crippen molar-refractivity contribution in [3.63, 3.8) is 0 Å². The molecule has 2 aromatic carbocycles. The summed E-state index contributed by atoms with van der Waals surface area (Å²) in [6.45, 7) is 7.64. The Morgan fingerprint density at radius 2 is 1.75 bits per heavy atom. The third-order valence-electron chi connectivity index (χ3n) is 3.61. The maximum atomic E-state index is 12.6. The van der Waals surface area contributed by atoms with Gasteiger partial charge in [0.15, 0.2) is 6.04 Å². The summed E-state index contributed by atoms with van der Waals surface area (Å²) in [4.78, 5) is 12.3. The molecule has 10 heteroatoms. The number of azo groups is 1. The number of carbonyl (C=O) groups is 1. The first-order chi connectivity index (χ1) is 13.3. The average molecular weight is 421 g/mol. The van der Waals surface area contributed by atoms with Gasteiger partial charge in [0.2, 0.25) is 0 Å². The Balaban J connectivity index is 0.00000136. The van der Waals surface area contributed by atoms with Crippen LogP contribution in [0.5, 0.6) is 0 Å². The summed E-state index contributed by atoms with van der Waals surface area (Å²) in [6, 6.07) is 11.0.